The molecule has 2 aliphatic carbocycles. The fraction of sp³-hybridized carbons (Fsp3) is 0.552. The zero-order chi connectivity index (χ0) is 26.4. The van der Waals surface area contributed by atoms with Crippen LogP contribution in [-0.4, -0.2) is 49.8 Å². The Morgan fingerprint density at radius 2 is 1.87 bits per heavy atom. The lowest BCUT2D eigenvalue weighted by atomic mass is 9.85. The van der Waals surface area contributed by atoms with Crippen LogP contribution in [0.4, 0.5) is 10.5 Å². The van der Waals surface area contributed by atoms with Gasteiger partial charge in [0.15, 0.2) is 0 Å². The summed E-state index contributed by atoms with van der Waals surface area (Å²) in [5.74, 6) is -0.185. The predicted octanol–water partition coefficient (Wildman–Crippen LogP) is 5.02. The van der Waals surface area contributed by atoms with E-state index < -0.39 is 5.97 Å². The van der Waals surface area contributed by atoms with Crippen molar-refractivity contribution in [1.29, 1.82) is 0 Å². The molecule has 3 aromatic rings. The number of amides is 1. The van der Waals surface area contributed by atoms with Crippen LogP contribution in [0.5, 0.6) is 0 Å². The zero-order valence-electron chi connectivity index (χ0n) is 22.2. The molecule has 0 spiro atoms. The van der Waals surface area contributed by atoms with Crippen LogP contribution >= 0.6 is 0 Å². The Morgan fingerprint density at radius 1 is 1.05 bits per heavy atom. The molecule has 2 aromatic heterocycles. The molecule has 9 heteroatoms. The molecule has 1 unspecified atom stereocenters. The molecular weight excluding hydrogens is 482 g/mol. The molecule has 1 N–H and O–H groups in total. The first-order valence-corrected chi connectivity index (χ1v) is 13.9. The third-order valence-corrected chi connectivity index (χ3v) is 8.66. The summed E-state index contributed by atoms with van der Waals surface area (Å²) in [6, 6.07) is 4.13. The molecule has 9 nitrogen and oxygen atoms in total. The van der Waals surface area contributed by atoms with E-state index in [9.17, 15) is 14.7 Å². The summed E-state index contributed by atoms with van der Waals surface area (Å²) in [4.78, 5) is 41.2. The van der Waals surface area contributed by atoms with Crippen molar-refractivity contribution in [1.82, 2.24) is 19.5 Å². The molecule has 1 fully saturated rings. The smallest absolute Gasteiger partial charge is 0.414 e. The van der Waals surface area contributed by atoms with Crippen molar-refractivity contribution in [2.75, 3.05) is 12.0 Å². The first-order valence-electron chi connectivity index (χ1n) is 13.9. The maximum Gasteiger partial charge on any atom is 0.414 e. The Kier molecular flexibility index (Phi) is 6.53. The molecule has 3 aliphatic rings. The first-order chi connectivity index (χ1) is 18.4. The van der Waals surface area contributed by atoms with Gasteiger partial charge >= 0.3 is 12.1 Å². The van der Waals surface area contributed by atoms with Crippen LogP contribution in [0.25, 0.3) is 11.0 Å². The molecule has 0 bridgehead atoms. The van der Waals surface area contributed by atoms with Crippen LogP contribution in [-0.2, 0) is 35.2 Å². The van der Waals surface area contributed by atoms with E-state index in [1.807, 2.05) is 25.3 Å². The van der Waals surface area contributed by atoms with Crippen LogP contribution < -0.4 is 4.90 Å². The SMILES string of the molecule is COC(=O)N1c2ccc3c(nc(Cc4cnc5c(n4)CCCC5)n3[C@@H]3CCC[C@@H](C(=O)O)C3)c2CCC1C. The number of hydrogen-bond donors (Lipinski definition) is 1. The third-order valence-electron chi connectivity index (χ3n) is 8.66. The van der Waals surface area contributed by atoms with Gasteiger partial charge in [0, 0.05) is 30.3 Å². The summed E-state index contributed by atoms with van der Waals surface area (Å²) in [5, 5.41) is 9.78. The van der Waals surface area contributed by atoms with Gasteiger partial charge in [0.25, 0.3) is 0 Å². The van der Waals surface area contributed by atoms with E-state index in [-0.39, 0.29) is 24.1 Å². The fourth-order valence-electron chi connectivity index (χ4n) is 6.71. The number of aryl methyl sites for hydroxylation is 3. The van der Waals surface area contributed by atoms with Crippen molar-refractivity contribution in [2.45, 2.75) is 89.6 Å². The summed E-state index contributed by atoms with van der Waals surface area (Å²) in [6.07, 6.45) is 11.0. The number of carboxylic acid groups (broad SMARTS) is 1. The number of methoxy groups -OCH3 is 1. The Hall–Kier alpha value is -3.49. The maximum atomic E-state index is 12.7. The van der Waals surface area contributed by atoms with Crippen molar-refractivity contribution in [3.05, 3.63) is 46.8 Å². The minimum atomic E-state index is -0.721. The standard InChI is InChI=1S/C29H35N5O4/c1-17-10-11-21-24(33(17)29(37)38-2)12-13-25-27(21)32-26(34(25)20-7-5-6-18(14-20)28(35)36)15-19-16-30-22-8-3-4-9-23(22)31-19/h12-13,16-18,20H,3-11,14-15H2,1-2H3,(H,35,36)/t17?,18-,20-/m1/s1. The number of ether oxygens (including phenoxy) is 1. The predicted molar refractivity (Wildman–Crippen MR) is 143 cm³/mol. The van der Waals surface area contributed by atoms with E-state index in [0.29, 0.717) is 19.3 Å². The van der Waals surface area contributed by atoms with Crippen LogP contribution in [0.2, 0.25) is 0 Å². The lowest BCUT2D eigenvalue weighted by Crippen LogP contribution is -2.42. The number of fused-ring (bicyclic) bond motifs is 4. The van der Waals surface area contributed by atoms with E-state index in [0.717, 1.165) is 96.6 Å². The molecule has 1 aromatic carbocycles. The van der Waals surface area contributed by atoms with Crippen molar-refractivity contribution < 1.29 is 19.4 Å². The van der Waals surface area contributed by atoms with Gasteiger partial charge < -0.3 is 14.4 Å². The highest BCUT2D eigenvalue weighted by molar-refractivity contribution is 5.95. The molecular formula is C29H35N5O4. The van der Waals surface area contributed by atoms with Gasteiger partial charge in [-0.3, -0.25) is 19.7 Å². The summed E-state index contributed by atoms with van der Waals surface area (Å²) < 4.78 is 7.37. The topological polar surface area (TPSA) is 110 Å². The lowest BCUT2D eigenvalue weighted by molar-refractivity contribution is -0.143. The molecule has 0 radical (unpaired) electrons. The van der Waals surface area contributed by atoms with Gasteiger partial charge in [-0.1, -0.05) is 6.42 Å². The Labute approximate surface area is 222 Å². The maximum absolute atomic E-state index is 12.7. The van der Waals surface area contributed by atoms with Gasteiger partial charge in [0.2, 0.25) is 0 Å². The number of hydrogen-bond acceptors (Lipinski definition) is 6. The van der Waals surface area contributed by atoms with Gasteiger partial charge in [-0.25, -0.2) is 9.78 Å². The number of anilines is 1. The number of benzene rings is 1. The number of imidazole rings is 1. The number of carbonyl (C=O) groups is 2. The Balaban J connectivity index is 1.47. The van der Waals surface area contributed by atoms with E-state index >= 15 is 0 Å². The summed E-state index contributed by atoms with van der Waals surface area (Å²) >= 11 is 0. The Bertz CT molecular complexity index is 1400. The second-order valence-electron chi connectivity index (χ2n) is 11.1. The second-order valence-corrected chi connectivity index (χ2v) is 11.1. The van der Waals surface area contributed by atoms with Gasteiger partial charge in [0.1, 0.15) is 5.82 Å². The van der Waals surface area contributed by atoms with Gasteiger partial charge in [-0.05, 0) is 76.8 Å². The summed E-state index contributed by atoms with van der Waals surface area (Å²) in [6.45, 7) is 2.04. The highest BCUT2D eigenvalue weighted by Crippen LogP contribution is 2.41. The van der Waals surface area contributed by atoms with Crippen molar-refractivity contribution in [3.63, 3.8) is 0 Å². The monoisotopic (exact) mass is 517 g/mol. The molecule has 200 valence electrons. The number of aliphatic carboxylic acids is 1. The largest absolute Gasteiger partial charge is 0.481 e. The lowest BCUT2D eigenvalue weighted by Gasteiger charge is -2.34. The minimum absolute atomic E-state index is 0.0365. The van der Waals surface area contributed by atoms with Crippen molar-refractivity contribution in [2.24, 2.45) is 5.92 Å². The Morgan fingerprint density at radius 3 is 2.66 bits per heavy atom. The molecule has 3 heterocycles. The highest BCUT2D eigenvalue weighted by Gasteiger charge is 2.34. The minimum Gasteiger partial charge on any atom is -0.481 e. The molecule has 1 amide bonds. The highest BCUT2D eigenvalue weighted by atomic mass is 16.5. The molecule has 6 rings (SSSR count). The zero-order valence-corrected chi connectivity index (χ0v) is 22.2. The number of aromatic nitrogens is 4. The quantitative estimate of drug-likeness (QED) is 0.517. The van der Waals surface area contributed by atoms with E-state index in [1.54, 1.807) is 4.90 Å². The number of rotatable bonds is 4. The molecule has 0 saturated heterocycles. The van der Waals surface area contributed by atoms with E-state index in [4.69, 9.17) is 19.7 Å². The third kappa shape index (κ3) is 4.31. The average molecular weight is 518 g/mol. The van der Waals surface area contributed by atoms with Gasteiger partial charge in [-0.2, -0.15) is 0 Å². The van der Waals surface area contributed by atoms with Gasteiger partial charge in [0.05, 0.1) is 46.8 Å². The van der Waals surface area contributed by atoms with Crippen LogP contribution in [0.1, 0.15) is 86.4 Å². The van der Waals surface area contributed by atoms with E-state index in [1.165, 1.54) is 7.11 Å². The number of carbonyl (C=O) groups excluding carboxylic acids is 1. The normalized spacial score (nSPS) is 23.1. The van der Waals surface area contributed by atoms with Crippen molar-refractivity contribution in [3.8, 4) is 0 Å². The fourth-order valence-corrected chi connectivity index (χ4v) is 6.71. The molecule has 38 heavy (non-hydrogen) atoms. The molecule has 3 atom stereocenters. The van der Waals surface area contributed by atoms with E-state index in [2.05, 4.69) is 4.57 Å². The summed E-state index contributed by atoms with van der Waals surface area (Å²) in [5.41, 5.74) is 6.89. The van der Waals surface area contributed by atoms with Gasteiger partial charge in [-0.15, -0.1) is 0 Å². The number of carboxylic acids is 1. The van der Waals surface area contributed by atoms with Crippen molar-refractivity contribution >= 4 is 28.8 Å². The second kappa shape index (κ2) is 10.0. The number of nitrogens with zero attached hydrogens (tertiary/aromatic N) is 5. The molecule has 1 saturated carbocycles. The average Bonchev–Trinajstić information content (AvgIpc) is 3.30. The van der Waals surface area contributed by atoms with Crippen LogP contribution in [0, 0.1) is 5.92 Å². The van der Waals surface area contributed by atoms with Crippen LogP contribution in [0.3, 0.4) is 0 Å². The van der Waals surface area contributed by atoms with Crippen LogP contribution in [0.15, 0.2) is 18.3 Å². The summed E-state index contributed by atoms with van der Waals surface area (Å²) in [7, 11) is 1.41. The first kappa shape index (κ1) is 24.8. The molecule has 1 aliphatic heterocycles.